The Morgan fingerprint density at radius 2 is 2.00 bits per heavy atom. The summed E-state index contributed by atoms with van der Waals surface area (Å²) in [7, 11) is 0. The lowest BCUT2D eigenvalue weighted by molar-refractivity contribution is 0.394. The molecule has 0 aromatic heterocycles. The van der Waals surface area contributed by atoms with Gasteiger partial charge in [0.2, 0.25) is 0 Å². The van der Waals surface area contributed by atoms with E-state index in [0.717, 1.165) is 30.6 Å². The summed E-state index contributed by atoms with van der Waals surface area (Å²) in [6.45, 7) is 9.82. The fraction of sp³-hybridized carbons (Fsp3) is 0.647. The molecule has 1 heterocycles. The molecule has 20 heavy (non-hydrogen) atoms. The Morgan fingerprint density at radius 3 is 2.60 bits per heavy atom. The molecule has 2 nitrogen and oxygen atoms in total. The van der Waals surface area contributed by atoms with Crippen molar-refractivity contribution in [3.63, 3.8) is 0 Å². The van der Waals surface area contributed by atoms with Gasteiger partial charge in [0.05, 0.1) is 10.7 Å². The van der Waals surface area contributed by atoms with Gasteiger partial charge in [-0.1, -0.05) is 50.9 Å². The van der Waals surface area contributed by atoms with Crippen molar-refractivity contribution in [2.75, 3.05) is 18.0 Å². The van der Waals surface area contributed by atoms with Gasteiger partial charge in [-0.2, -0.15) is 0 Å². The van der Waals surface area contributed by atoms with Crippen LogP contribution < -0.4 is 10.2 Å². The second kappa shape index (κ2) is 7.33. The average molecular weight is 295 g/mol. The molecule has 0 bridgehead atoms. The van der Waals surface area contributed by atoms with E-state index in [1.807, 2.05) is 6.07 Å². The van der Waals surface area contributed by atoms with Crippen LogP contribution in [0, 0.1) is 5.92 Å². The highest BCUT2D eigenvalue weighted by Crippen LogP contribution is 2.33. The number of anilines is 1. The monoisotopic (exact) mass is 294 g/mol. The van der Waals surface area contributed by atoms with Crippen LogP contribution in [0.3, 0.4) is 0 Å². The Labute approximate surface area is 128 Å². The largest absolute Gasteiger partial charge is 0.370 e. The molecule has 1 saturated heterocycles. The molecule has 0 radical (unpaired) electrons. The second-order valence-corrected chi connectivity index (χ2v) is 6.53. The topological polar surface area (TPSA) is 15.3 Å². The van der Waals surface area contributed by atoms with Crippen LogP contribution in [0.5, 0.6) is 0 Å². The number of benzene rings is 1. The molecule has 0 saturated carbocycles. The number of para-hydroxylation sites is 1. The standard InChI is InChI=1S/C17H27ClN2/c1-4-14-8-10-20(11-9-14)17-15(12-19-13(2)3)6-5-7-16(17)18/h5-7,13-14,19H,4,8-12H2,1-3H3. The lowest BCUT2D eigenvalue weighted by Crippen LogP contribution is -2.35. The summed E-state index contributed by atoms with van der Waals surface area (Å²) in [6.07, 6.45) is 3.88. The summed E-state index contributed by atoms with van der Waals surface area (Å²) in [4.78, 5) is 2.48. The van der Waals surface area contributed by atoms with Gasteiger partial charge >= 0.3 is 0 Å². The molecule has 1 aliphatic heterocycles. The maximum absolute atomic E-state index is 6.48. The highest BCUT2D eigenvalue weighted by Gasteiger charge is 2.21. The normalized spacial score (nSPS) is 16.9. The first-order valence-electron chi connectivity index (χ1n) is 7.87. The highest BCUT2D eigenvalue weighted by atomic mass is 35.5. The molecular weight excluding hydrogens is 268 g/mol. The summed E-state index contributed by atoms with van der Waals surface area (Å²) in [6, 6.07) is 6.76. The molecular formula is C17H27ClN2. The van der Waals surface area contributed by atoms with E-state index in [9.17, 15) is 0 Å². The Bertz CT molecular complexity index is 423. The van der Waals surface area contributed by atoms with E-state index in [1.165, 1.54) is 30.5 Å². The molecule has 3 heteroatoms. The summed E-state index contributed by atoms with van der Waals surface area (Å²) in [5.41, 5.74) is 2.57. The Kier molecular flexibility index (Phi) is 5.74. The Hall–Kier alpha value is -0.730. The molecule has 0 atom stereocenters. The van der Waals surface area contributed by atoms with E-state index >= 15 is 0 Å². The number of piperidine rings is 1. The van der Waals surface area contributed by atoms with Crippen molar-refractivity contribution in [1.29, 1.82) is 0 Å². The van der Waals surface area contributed by atoms with Crippen LogP contribution in [0.25, 0.3) is 0 Å². The van der Waals surface area contributed by atoms with E-state index in [-0.39, 0.29) is 0 Å². The number of hydrogen-bond donors (Lipinski definition) is 1. The van der Waals surface area contributed by atoms with Gasteiger partial charge in [-0.05, 0) is 30.4 Å². The number of nitrogens with zero attached hydrogens (tertiary/aromatic N) is 1. The number of nitrogens with one attached hydrogen (secondary N) is 1. The van der Waals surface area contributed by atoms with Crippen molar-refractivity contribution in [3.05, 3.63) is 28.8 Å². The molecule has 2 rings (SSSR count). The SMILES string of the molecule is CCC1CCN(c2c(Cl)cccc2CNC(C)C)CC1. The first-order chi connectivity index (χ1) is 9.61. The zero-order valence-corrected chi connectivity index (χ0v) is 13.7. The predicted octanol–water partition coefficient (Wildman–Crippen LogP) is 4.46. The lowest BCUT2D eigenvalue weighted by Gasteiger charge is -2.35. The second-order valence-electron chi connectivity index (χ2n) is 6.12. The molecule has 1 aromatic rings. The summed E-state index contributed by atoms with van der Waals surface area (Å²) in [5, 5.41) is 4.39. The average Bonchev–Trinajstić information content (AvgIpc) is 2.45. The van der Waals surface area contributed by atoms with Crippen LogP contribution in [-0.2, 0) is 6.54 Å². The molecule has 0 spiro atoms. The first kappa shape index (κ1) is 15.7. The van der Waals surface area contributed by atoms with E-state index in [2.05, 4.69) is 43.1 Å². The van der Waals surface area contributed by atoms with Crippen molar-refractivity contribution in [2.24, 2.45) is 5.92 Å². The van der Waals surface area contributed by atoms with Gasteiger partial charge in [0.1, 0.15) is 0 Å². The molecule has 0 aliphatic carbocycles. The van der Waals surface area contributed by atoms with E-state index in [0.29, 0.717) is 6.04 Å². The molecule has 0 amide bonds. The number of hydrogen-bond acceptors (Lipinski definition) is 2. The van der Waals surface area contributed by atoms with Gasteiger partial charge in [0.25, 0.3) is 0 Å². The minimum atomic E-state index is 0.493. The van der Waals surface area contributed by atoms with Crippen LogP contribution in [-0.4, -0.2) is 19.1 Å². The fourth-order valence-electron chi connectivity index (χ4n) is 2.94. The zero-order chi connectivity index (χ0) is 14.5. The third kappa shape index (κ3) is 3.89. The van der Waals surface area contributed by atoms with Crippen molar-refractivity contribution >= 4 is 17.3 Å². The van der Waals surface area contributed by atoms with Crippen LogP contribution >= 0.6 is 11.6 Å². The maximum Gasteiger partial charge on any atom is 0.0642 e. The van der Waals surface area contributed by atoms with Crippen LogP contribution in [0.4, 0.5) is 5.69 Å². The third-order valence-corrected chi connectivity index (χ3v) is 4.58. The minimum absolute atomic E-state index is 0.493. The van der Waals surface area contributed by atoms with Gasteiger partial charge in [-0.3, -0.25) is 0 Å². The van der Waals surface area contributed by atoms with Gasteiger partial charge in [-0.25, -0.2) is 0 Å². The van der Waals surface area contributed by atoms with Crippen LogP contribution in [0.15, 0.2) is 18.2 Å². The Balaban J connectivity index is 2.13. The molecule has 1 fully saturated rings. The third-order valence-electron chi connectivity index (χ3n) is 4.28. The number of halogens is 1. The minimum Gasteiger partial charge on any atom is -0.370 e. The quantitative estimate of drug-likeness (QED) is 0.862. The van der Waals surface area contributed by atoms with Gasteiger partial charge in [0.15, 0.2) is 0 Å². The molecule has 1 N–H and O–H groups in total. The molecule has 0 unspecified atom stereocenters. The van der Waals surface area contributed by atoms with Gasteiger partial charge in [0, 0.05) is 25.7 Å². The van der Waals surface area contributed by atoms with Crippen LogP contribution in [0.1, 0.15) is 45.6 Å². The zero-order valence-electron chi connectivity index (χ0n) is 13.0. The van der Waals surface area contributed by atoms with E-state index in [4.69, 9.17) is 11.6 Å². The lowest BCUT2D eigenvalue weighted by atomic mass is 9.93. The van der Waals surface area contributed by atoms with E-state index in [1.54, 1.807) is 0 Å². The summed E-state index contributed by atoms with van der Waals surface area (Å²) in [5.74, 6) is 0.894. The van der Waals surface area contributed by atoms with Crippen LogP contribution in [0.2, 0.25) is 5.02 Å². The molecule has 1 aromatic carbocycles. The van der Waals surface area contributed by atoms with Crippen molar-refractivity contribution in [2.45, 2.75) is 52.6 Å². The van der Waals surface area contributed by atoms with Gasteiger partial charge in [-0.15, -0.1) is 0 Å². The van der Waals surface area contributed by atoms with E-state index < -0.39 is 0 Å². The predicted molar refractivity (Wildman–Crippen MR) is 88.7 cm³/mol. The smallest absolute Gasteiger partial charge is 0.0642 e. The molecule has 112 valence electrons. The van der Waals surface area contributed by atoms with Crippen molar-refractivity contribution < 1.29 is 0 Å². The molecule has 1 aliphatic rings. The van der Waals surface area contributed by atoms with Gasteiger partial charge < -0.3 is 10.2 Å². The van der Waals surface area contributed by atoms with Crippen molar-refractivity contribution in [3.8, 4) is 0 Å². The fourth-order valence-corrected chi connectivity index (χ4v) is 3.25. The number of rotatable bonds is 5. The first-order valence-corrected chi connectivity index (χ1v) is 8.25. The summed E-state index contributed by atoms with van der Waals surface area (Å²) < 4.78 is 0. The van der Waals surface area contributed by atoms with Crippen molar-refractivity contribution in [1.82, 2.24) is 5.32 Å². The Morgan fingerprint density at radius 1 is 1.30 bits per heavy atom. The maximum atomic E-state index is 6.48. The highest BCUT2D eigenvalue weighted by molar-refractivity contribution is 6.33. The summed E-state index contributed by atoms with van der Waals surface area (Å²) >= 11 is 6.48.